The normalized spacial score (nSPS) is 10.8. The summed E-state index contributed by atoms with van der Waals surface area (Å²) in [6.07, 6.45) is 1.75. The number of fused-ring (bicyclic) bond motifs is 1. The minimum Gasteiger partial charge on any atom is -0.497 e. The van der Waals surface area contributed by atoms with Crippen LogP contribution in [-0.2, 0) is 13.1 Å². The number of hydrogen-bond acceptors (Lipinski definition) is 5. The maximum atomic E-state index is 12.6. The Balaban J connectivity index is 1.54. The van der Waals surface area contributed by atoms with Gasteiger partial charge < -0.3 is 19.4 Å². The topological polar surface area (TPSA) is 78.3 Å². The summed E-state index contributed by atoms with van der Waals surface area (Å²) >= 11 is 0. The number of aromatic nitrogens is 3. The van der Waals surface area contributed by atoms with Crippen molar-refractivity contribution in [2.45, 2.75) is 20.0 Å². The fraction of sp³-hybridized carbons (Fsp3) is 0.208. The molecule has 2 aromatic carbocycles. The first-order valence-corrected chi connectivity index (χ1v) is 10.1. The summed E-state index contributed by atoms with van der Waals surface area (Å²) in [4.78, 5) is 21.8. The minimum absolute atomic E-state index is 0.168. The predicted molar refractivity (Wildman–Crippen MR) is 118 cm³/mol. The van der Waals surface area contributed by atoms with E-state index >= 15 is 0 Å². The first kappa shape index (κ1) is 20.4. The van der Waals surface area contributed by atoms with Gasteiger partial charge in [0.1, 0.15) is 22.8 Å². The second-order valence-electron chi connectivity index (χ2n) is 6.95. The van der Waals surface area contributed by atoms with Gasteiger partial charge in [-0.05, 0) is 61.0 Å². The van der Waals surface area contributed by atoms with E-state index in [2.05, 4.69) is 15.3 Å². The van der Waals surface area contributed by atoms with Gasteiger partial charge in [0.2, 0.25) is 0 Å². The Morgan fingerprint density at radius 3 is 2.48 bits per heavy atom. The number of pyridine rings is 1. The lowest BCUT2D eigenvalue weighted by Crippen LogP contribution is -2.25. The van der Waals surface area contributed by atoms with Gasteiger partial charge >= 0.3 is 0 Å². The van der Waals surface area contributed by atoms with Crippen molar-refractivity contribution in [2.75, 3.05) is 13.7 Å². The molecule has 4 rings (SSSR count). The second-order valence-corrected chi connectivity index (χ2v) is 6.95. The van der Waals surface area contributed by atoms with Crippen molar-refractivity contribution in [1.29, 1.82) is 0 Å². The number of carbonyl (C=O) groups is 1. The number of hydrogen-bond donors (Lipinski definition) is 1. The van der Waals surface area contributed by atoms with Gasteiger partial charge in [0.15, 0.2) is 5.65 Å². The zero-order chi connectivity index (χ0) is 21.6. The standard InChI is InChI=1S/C24H24N4O3/c1-3-31-20-12-8-18(9-13-20)24(29)26-15-22-27-21-5-4-14-25-23(21)28(22)16-17-6-10-19(30-2)11-7-17/h4-14H,3,15-16H2,1-2H3,(H,26,29). The van der Waals surface area contributed by atoms with Crippen molar-refractivity contribution in [3.8, 4) is 11.5 Å². The Hall–Kier alpha value is -3.87. The highest BCUT2D eigenvalue weighted by Gasteiger charge is 2.14. The van der Waals surface area contributed by atoms with E-state index < -0.39 is 0 Å². The van der Waals surface area contributed by atoms with Crippen molar-refractivity contribution in [3.63, 3.8) is 0 Å². The van der Waals surface area contributed by atoms with Gasteiger partial charge in [-0.25, -0.2) is 9.97 Å². The third-order valence-electron chi connectivity index (χ3n) is 4.92. The monoisotopic (exact) mass is 416 g/mol. The Labute approximate surface area is 180 Å². The van der Waals surface area contributed by atoms with Gasteiger partial charge in [-0.15, -0.1) is 0 Å². The average Bonchev–Trinajstić information content (AvgIpc) is 3.16. The molecule has 1 amide bonds. The SMILES string of the molecule is CCOc1ccc(C(=O)NCc2nc3cccnc3n2Cc2ccc(OC)cc2)cc1. The predicted octanol–water partition coefficient (Wildman–Crippen LogP) is 3.82. The molecule has 7 nitrogen and oxygen atoms in total. The molecule has 0 unspecified atom stereocenters. The molecule has 0 saturated carbocycles. The summed E-state index contributed by atoms with van der Waals surface area (Å²) < 4.78 is 12.7. The minimum atomic E-state index is -0.168. The molecule has 0 bridgehead atoms. The van der Waals surface area contributed by atoms with Gasteiger partial charge in [-0.1, -0.05) is 12.1 Å². The van der Waals surface area contributed by atoms with Crippen LogP contribution in [-0.4, -0.2) is 34.2 Å². The molecule has 0 spiro atoms. The number of imidazole rings is 1. The van der Waals surface area contributed by atoms with E-state index in [4.69, 9.17) is 9.47 Å². The van der Waals surface area contributed by atoms with Gasteiger partial charge in [-0.3, -0.25) is 4.79 Å². The van der Waals surface area contributed by atoms with Gasteiger partial charge in [0.25, 0.3) is 5.91 Å². The Morgan fingerprint density at radius 2 is 1.77 bits per heavy atom. The zero-order valence-corrected chi connectivity index (χ0v) is 17.5. The Kier molecular flexibility index (Phi) is 6.12. The van der Waals surface area contributed by atoms with Crippen molar-refractivity contribution in [2.24, 2.45) is 0 Å². The third kappa shape index (κ3) is 4.66. The highest BCUT2D eigenvalue weighted by Crippen LogP contribution is 2.18. The molecule has 4 aromatic rings. The van der Waals surface area contributed by atoms with E-state index in [1.54, 1.807) is 37.6 Å². The third-order valence-corrected chi connectivity index (χ3v) is 4.92. The van der Waals surface area contributed by atoms with Crippen LogP contribution < -0.4 is 14.8 Å². The number of carbonyl (C=O) groups excluding carboxylic acids is 1. The summed E-state index contributed by atoms with van der Waals surface area (Å²) in [7, 11) is 1.65. The van der Waals surface area contributed by atoms with Crippen molar-refractivity contribution >= 4 is 17.1 Å². The second kappa shape index (κ2) is 9.30. The van der Waals surface area contributed by atoms with Gasteiger partial charge in [0.05, 0.1) is 26.8 Å². The van der Waals surface area contributed by atoms with Crippen LogP contribution >= 0.6 is 0 Å². The summed E-state index contributed by atoms with van der Waals surface area (Å²) in [6.45, 7) is 3.39. The molecule has 7 heteroatoms. The lowest BCUT2D eigenvalue weighted by molar-refractivity contribution is 0.0949. The van der Waals surface area contributed by atoms with Crippen LogP contribution in [0, 0.1) is 0 Å². The molecule has 0 fully saturated rings. The van der Waals surface area contributed by atoms with Crippen LogP contribution in [0.15, 0.2) is 66.9 Å². The molecule has 0 atom stereocenters. The summed E-state index contributed by atoms with van der Waals surface area (Å²) in [5.74, 6) is 2.12. The van der Waals surface area contributed by atoms with Crippen LogP contribution in [0.5, 0.6) is 11.5 Å². The van der Waals surface area contributed by atoms with Crippen molar-refractivity contribution < 1.29 is 14.3 Å². The molecule has 158 valence electrons. The van der Waals surface area contributed by atoms with Crippen molar-refractivity contribution in [3.05, 3.63) is 83.8 Å². The van der Waals surface area contributed by atoms with E-state index in [1.807, 2.05) is 47.9 Å². The molecule has 2 aromatic heterocycles. The maximum absolute atomic E-state index is 12.6. The number of amides is 1. The molecule has 0 aliphatic heterocycles. The molecule has 0 aliphatic carbocycles. The largest absolute Gasteiger partial charge is 0.497 e. The van der Waals surface area contributed by atoms with E-state index in [1.165, 1.54) is 0 Å². The molecular weight excluding hydrogens is 392 g/mol. The molecular formula is C24H24N4O3. The molecule has 0 radical (unpaired) electrons. The number of methoxy groups -OCH3 is 1. The molecule has 0 saturated heterocycles. The molecule has 31 heavy (non-hydrogen) atoms. The van der Waals surface area contributed by atoms with E-state index in [9.17, 15) is 4.79 Å². The van der Waals surface area contributed by atoms with E-state index in [0.29, 0.717) is 25.3 Å². The number of nitrogens with one attached hydrogen (secondary N) is 1. The molecule has 0 aliphatic rings. The first-order chi connectivity index (χ1) is 15.2. The smallest absolute Gasteiger partial charge is 0.251 e. The van der Waals surface area contributed by atoms with Gasteiger partial charge in [0, 0.05) is 11.8 Å². The van der Waals surface area contributed by atoms with Crippen LogP contribution in [0.1, 0.15) is 28.7 Å². The van der Waals surface area contributed by atoms with Crippen LogP contribution in [0.4, 0.5) is 0 Å². The Bertz CT molecular complexity index is 1170. The fourth-order valence-electron chi connectivity index (χ4n) is 3.35. The van der Waals surface area contributed by atoms with Crippen LogP contribution in [0.2, 0.25) is 0 Å². The highest BCUT2D eigenvalue weighted by molar-refractivity contribution is 5.94. The van der Waals surface area contributed by atoms with E-state index in [-0.39, 0.29) is 5.91 Å². The van der Waals surface area contributed by atoms with Gasteiger partial charge in [-0.2, -0.15) is 0 Å². The average molecular weight is 416 g/mol. The maximum Gasteiger partial charge on any atom is 0.251 e. The number of benzene rings is 2. The fourth-order valence-corrected chi connectivity index (χ4v) is 3.35. The summed E-state index contributed by atoms with van der Waals surface area (Å²) in [6, 6.07) is 18.7. The Morgan fingerprint density at radius 1 is 1.03 bits per heavy atom. The molecule has 1 N–H and O–H groups in total. The lowest BCUT2D eigenvalue weighted by Gasteiger charge is -2.11. The summed E-state index contributed by atoms with van der Waals surface area (Å²) in [5.41, 5.74) is 3.23. The van der Waals surface area contributed by atoms with Crippen LogP contribution in [0.3, 0.4) is 0 Å². The highest BCUT2D eigenvalue weighted by atomic mass is 16.5. The lowest BCUT2D eigenvalue weighted by atomic mass is 10.2. The first-order valence-electron chi connectivity index (χ1n) is 10.1. The molecule has 2 heterocycles. The van der Waals surface area contributed by atoms with E-state index in [0.717, 1.165) is 34.1 Å². The van der Waals surface area contributed by atoms with Crippen molar-refractivity contribution in [1.82, 2.24) is 19.9 Å². The zero-order valence-electron chi connectivity index (χ0n) is 17.5. The quantitative estimate of drug-likeness (QED) is 0.472. The summed E-state index contributed by atoms with van der Waals surface area (Å²) in [5, 5.41) is 2.96. The van der Waals surface area contributed by atoms with Crippen LogP contribution in [0.25, 0.3) is 11.2 Å². The number of rotatable bonds is 8. The number of ether oxygens (including phenoxy) is 2. The number of nitrogens with zero attached hydrogens (tertiary/aromatic N) is 3.